The monoisotopic (exact) mass is 397 g/mol. The molecule has 3 heterocycles. The summed E-state index contributed by atoms with van der Waals surface area (Å²) < 4.78 is 26.6. The molecule has 0 aliphatic carbocycles. The summed E-state index contributed by atoms with van der Waals surface area (Å²) in [5.41, 5.74) is 0.571. The molecule has 0 bridgehead atoms. The fraction of sp³-hybridized carbons (Fsp3) is 0.471. The molecule has 1 aromatic carbocycles. The van der Waals surface area contributed by atoms with Gasteiger partial charge in [0.15, 0.2) is 0 Å². The summed E-state index contributed by atoms with van der Waals surface area (Å²) in [7, 11) is 0. The quantitative estimate of drug-likeness (QED) is 0.780. The van der Waals surface area contributed by atoms with Gasteiger partial charge in [-0.15, -0.1) is 0 Å². The van der Waals surface area contributed by atoms with Gasteiger partial charge in [-0.05, 0) is 25.0 Å². The Balaban J connectivity index is 1.54. The zero-order valence-corrected chi connectivity index (χ0v) is 15.3. The molecular weight excluding hydrogens is 380 g/mol. The van der Waals surface area contributed by atoms with Crippen LogP contribution in [0.3, 0.4) is 0 Å². The minimum absolute atomic E-state index is 0.329. The molecule has 0 atom stereocenters. The first-order chi connectivity index (χ1) is 12.7. The zero-order valence-electron chi connectivity index (χ0n) is 14.6. The molecule has 2 aliphatic heterocycles. The topological polar surface area (TPSA) is 81.3 Å². The van der Waals surface area contributed by atoms with E-state index < -0.39 is 29.9 Å². The SMILES string of the molecule is CC(F)(F)CN1C(=O)NC2(CCN(c3cc(Cl)cc4[nH]ncc34)CC2)C1=O. The van der Waals surface area contributed by atoms with E-state index in [1.54, 1.807) is 12.3 Å². The molecule has 2 fully saturated rings. The number of halogens is 3. The predicted octanol–water partition coefficient (Wildman–Crippen LogP) is 2.76. The Morgan fingerprint density at radius 1 is 1.30 bits per heavy atom. The number of amides is 3. The number of piperidine rings is 1. The predicted molar refractivity (Wildman–Crippen MR) is 96.1 cm³/mol. The fourth-order valence-corrected chi connectivity index (χ4v) is 4.04. The number of rotatable bonds is 3. The van der Waals surface area contributed by atoms with Crippen LogP contribution >= 0.6 is 11.6 Å². The Hall–Kier alpha value is -2.42. The maximum atomic E-state index is 13.3. The van der Waals surface area contributed by atoms with Crippen LogP contribution in [-0.4, -0.2) is 58.1 Å². The highest BCUT2D eigenvalue weighted by Gasteiger charge is 2.53. The molecule has 0 saturated carbocycles. The number of carbonyl (C=O) groups excluding carboxylic acids is 2. The molecule has 144 valence electrons. The largest absolute Gasteiger partial charge is 0.371 e. The second kappa shape index (κ2) is 6.05. The van der Waals surface area contributed by atoms with Gasteiger partial charge in [0.25, 0.3) is 11.8 Å². The number of H-pyrrole nitrogens is 1. The summed E-state index contributed by atoms with van der Waals surface area (Å²) in [5.74, 6) is -3.71. The van der Waals surface area contributed by atoms with Gasteiger partial charge in [-0.25, -0.2) is 13.6 Å². The van der Waals surface area contributed by atoms with Gasteiger partial charge in [0.1, 0.15) is 5.54 Å². The van der Waals surface area contributed by atoms with Crippen molar-refractivity contribution in [3.05, 3.63) is 23.4 Å². The zero-order chi connectivity index (χ0) is 19.4. The van der Waals surface area contributed by atoms with Crippen LogP contribution < -0.4 is 10.2 Å². The van der Waals surface area contributed by atoms with E-state index in [-0.39, 0.29) is 0 Å². The number of aromatic nitrogens is 2. The summed E-state index contributed by atoms with van der Waals surface area (Å²) >= 11 is 6.18. The van der Waals surface area contributed by atoms with Crippen LogP contribution in [0.4, 0.5) is 19.3 Å². The second-order valence-electron chi connectivity index (χ2n) is 7.22. The Kier molecular flexibility index (Phi) is 4.03. The van der Waals surface area contributed by atoms with Crippen molar-refractivity contribution in [1.82, 2.24) is 20.4 Å². The van der Waals surface area contributed by atoms with Gasteiger partial charge < -0.3 is 10.2 Å². The van der Waals surface area contributed by atoms with Crippen molar-refractivity contribution in [3.63, 3.8) is 0 Å². The maximum absolute atomic E-state index is 13.3. The van der Waals surface area contributed by atoms with Crippen LogP contribution in [0.2, 0.25) is 5.02 Å². The summed E-state index contributed by atoms with van der Waals surface area (Å²) in [6.07, 6.45) is 2.36. The number of aromatic amines is 1. The van der Waals surface area contributed by atoms with Crippen molar-refractivity contribution in [1.29, 1.82) is 0 Å². The van der Waals surface area contributed by atoms with Crippen molar-refractivity contribution in [3.8, 4) is 0 Å². The molecule has 2 N–H and O–H groups in total. The van der Waals surface area contributed by atoms with Crippen LogP contribution in [0.15, 0.2) is 18.3 Å². The molecule has 2 aromatic rings. The van der Waals surface area contributed by atoms with E-state index in [1.165, 1.54) is 0 Å². The van der Waals surface area contributed by atoms with Crippen LogP contribution in [0, 0.1) is 0 Å². The van der Waals surface area contributed by atoms with Gasteiger partial charge in [0.2, 0.25) is 0 Å². The highest BCUT2D eigenvalue weighted by molar-refractivity contribution is 6.31. The molecule has 4 rings (SSSR count). The molecule has 0 unspecified atom stereocenters. The van der Waals surface area contributed by atoms with Crippen molar-refractivity contribution in [2.45, 2.75) is 31.2 Å². The summed E-state index contributed by atoms with van der Waals surface area (Å²) in [6, 6.07) is 2.86. The Labute approximate surface area is 158 Å². The van der Waals surface area contributed by atoms with Crippen LogP contribution in [0.1, 0.15) is 19.8 Å². The number of urea groups is 1. The molecule has 2 aliphatic rings. The van der Waals surface area contributed by atoms with Gasteiger partial charge >= 0.3 is 6.03 Å². The molecule has 1 aromatic heterocycles. The van der Waals surface area contributed by atoms with E-state index >= 15 is 0 Å². The number of fused-ring (bicyclic) bond motifs is 1. The molecule has 1 spiro atoms. The van der Waals surface area contributed by atoms with E-state index in [0.717, 1.165) is 16.6 Å². The number of alkyl halides is 2. The number of carbonyl (C=O) groups is 2. The van der Waals surface area contributed by atoms with E-state index in [0.29, 0.717) is 42.8 Å². The first kappa shape index (κ1) is 18.0. The molecule has 2 saturated heterocycles. The third-order valence-corrected chi connectivity index (χ3v) is 5.36. The minimum atomic E-state index is -3.13. The molecule has 3 amide bonds. The average Bonchev–Trinajstić information content (AvgIpc) is 3.13. The Morgan fingerprint density at radius 3 is 2.67 bits per heavy atom. The van der Waals surface area contributed by atoms with Gasteiger partial charge in [-0.1, -0.05) is 11.6 Å². The van der Waals surface area contributed by atoms with Crippen LogP contribution in [0.25, 0.3) is 10.9 Å². The summed E-state index contributed by atoms with van der Waals surface area (Å²) in [6.45, 7) is 0.732. The lowest BCUT2D eigenvalue weighted by molar-refractivity contribution is -0.135. The molecule has 10 heteroatoms. The number of imide groups is 1. The maximum Gasteiger partial charge on any atom is 0.325 e. The lowest BCUT2D eigenvalue weighted by atomic mass is 9.87. The first-order valence-electron chi connectivity index (χ1n) is 8.58. The van der Waals surface area contributed by atoms with Crippen LogP contribution in [0.5, 0.6) is 0 Å². The average molecular weight is 398 g/mol. The highest BCUT2D eigenvalue weighted by Crippen LogP contribution is 2.36. The summed E-state index contributed by atoms with van der Waals surface area (Å²) in [5, 5.41) is 11.0. The first-order valence-corrected chi connectivity index (χ1v) is 8.96. The van der Waals surface area contributed by atoms with Crippen molar-refractivity contribution in [2.24, 2.45) is 0 Å². The third-order valence-electron chi connectivity index (χ3n) is 5.14. The van der Waals surface area contributed by atoms with E-state index in [1.807, 2.05) is 6.07 Å². The Bertz CT molecular complexity index is 918. The van der Waals surface area contributed by atoms with E-state index in [9.17, 15) is 18.4 Å². The number of nitrogens with zero attached hydrogens (tertiary/aromatic N) is 3. The van der Waals surface area contributed by atoms with Gasteiger partial charge in [-0.3, -0.25) is 14.8 Å². The number of nitrogens with one attached hydrogen (secondary N) is 2. The number of benzene rings is 1. The van der Waals surface area contributed by atoms with E-state index in [4.69, 9.17) is 11.6 Å². The Morgan fingerprint density at radius 2 is 2.00 bits per heavy atom. The van der Waals surface area contributed by atoms with Crippen molar-refractivity contribution < 1.29 is 18.4 Å². The van der Waals surface area contributed by atoms with E-state index in [2.05, 4.69) is 20.4 Å². The van der Waals surface area contributed by atoms with Gasteiger partial charge in [-0.2, -0.15) is 5.10 Å². The van der Waals surface area contributed by atoms with Crippen molar-refractivity contribution in [2.75, 3.05) is 24.5 Å². The van der Waals surface area contributed by atoms with Gasteiger partial charge in [0.05, 0.1) is 18.3 Å². The smallest absolute Gasteiger partial charge is 0.325 e. The fourth-order valence-electron chi connectivity index (χ4n) is 3.83. The van der Waals surface area contributed by atoms with Crippen LogP contribution in [-0.2, 0) is 4.79 Å². The van der Waals surface area contributed by atoms with Gasteiger partial charge in [0, 0.05) is 36.1 Å². The second-order valence-corrected chi connectivity index (χ2v) is 7.65. The number of anilines is 1. The molecular formula is C17H18ClF2N5O2. The summed E-state index contributed by atoms with van der Waals surface area (Å²) in [4.78, 5) is 27.5. The number of hydrogen-bond acceptors (Lipinski definition) is 4. The molecule has 27 heavy (non-hydrogen) atoms. The van der Waals surface area contributed by atoms with Crippen molar-refractivity contribution >= 4 is 40.1 Å². The lowest BCUT2D eigenvalue weighted by Gasteiger charge is -2.38. The third kappa shape index (κ3) is 3.09. The molecule has 7 nitrogen and oxygen atoms in total. The highest BCUT2D eigenvalue weighted by atomic mass is 35.5. The standard InChI is InChI=1S/C17H18ClF2N5O2/c1-16(19,20)9-25-14(26)17(22-15(25)27)2-4-24(5-3-17)13-7-10(18)6-12-11(13)8-21-23-12/h6-8H,2-5,9H2,1H3,(H,21,23)(H,22,27). The molecule has 0 radical (unpaired) electrons. The normalized spacial score (nSPS) is 20.0. The lowest BCUT2D eigenvalue weighted by Crippen LogP contribution is -2.55. The number of hydrogen-bond donors (Lipinski definition) is 2. The minimum Gasteiger partial charge on any atom is -0.371 e.